The highest BCUT2D eigenvalue weighted by atomic mass is 35.5. The van der Waals surface area contributed by atoms with Crippen LogP contribution < -0.4 is 5.32 Å². The van der Waals surface area contributed by atoms with Crippen LogP contribution in [0.1, 0.15) is 48.3 Å². The van der Waals surface area contributed by atoms with Gasteiger partial charge in [-0.15, -0.1) is 0 Å². The van der Waals surface area contributed by atoms with Crippen LogP contribution in [0, 0.1) is 5.82 Å². The number of likely N-dealkylation sites (N-methyl/N-ethyl adjacent to an activating group) is 1. The summed E-state index contributed by atoms with van der Waals surface area (Å²) in [5.74, 6) is -0.685. The zero-order valence-electron chi connectivity index (χ0n) is 22.3. The Morgan fingerprint density at radius 2 is 1.82 bits per heavy atom. The Kier molecular flexibility index (Phi) is 8.64. The average Bonchev–Trinajstić information content (AvgIpc) is 2.94. The van der Waals surface area contributed by atoms with Crippen molar-refractivity contribution in [2.45, 2.75) is 43.7 Å². The fraction of sp³-hybridized carbons (Fsp3) is 0.355. The van der Waals surface area contributed by atoms with Crippen molar-refractivity contribution in [2.24, 2.45) is 0 Å². The standard InChI is InChI=1S/C31H32Cl2FN3O3/c1-36(20-21-6-3-2-4-7-21)29(38)24(22-9-11-26(32)27(33)18-22)8-5-15-37-16-13-31(14-17-37)25-19-23(34)10-12-28(25)35-30(39)40-31/h2-4,6-7,9-12,18-19,24H,5,8,13-17,20H2,1H3,(H,35,39). The van der Waals surface area contributed by atoms with Gasteiger partial charge in [-0.25, -0.2) is 9.18 Å². The molecule has 0 radical (unpaired) electrons. The Morgan fingerprint density at radius 3 is 2.55 bits per heavy atom. The average molecular weight is 585 g/mol. The summed E-state index contributed by atoms with van der Waals surface area (Å²) >= 11 is 12.5. The molecule has 6 nitrogen and oxygen atoms in total. The van der Waals surface area contributed by atoms with Crippen molar-refractivity contribution < 1.29 is 18.7 Å². The van der Waals surface area contributed by atoms with Crippen molar-refractivity contribution in [1.29, 1.82) is 0 Å². The van der Waals surface area contributed by atoms with E-state index >= 15 is 0 Å². The highest BCUT2D eigenvalue weighted by molar-refractivity contribution is 6.42. The van der Waals surface area contributed by atoms with E-state index in [0.29, 0.717) is 60.2 Å². The third kappa shape index (κ3) is 6.27. The van der Waals surface area contributed by atoms with Crippen molar-refractivity contribution in [2.75, 3.05) is 32.0 Å². The van der Waals surface area contributed by atoms with Gasteiger partial charge in [0.2, 0.25) is 5.91 Å². The molecule has 1 spiro atoms. The van der Waals surface area contributed by atoms with Gasteiger partial charge in [0, 0.05) is 45.1 Å². The van der Waals surface area contributed by atoms with Gasteiger partial charge in [0.15, 0.2) is 0 Å². The number of nitrogens with zero attached hydrogens (tertiary/aromatic N) is 2. The Labute approximate surface area is 244 Å². The van der Waals surface area contributed by atoms with Crippen LogP contribution in [-0.2, 0) is 21.7 Å². The first-order chi connectivity index (χ1) is 19.2. The molecule has 40 heavy (non-hydrogen) atoms. The van der Waals surface area contributed by atoms with Gasteiger partial charge >= 0.3 is 6.09 Å². The predicted octanol–water partition coefficient (Wildman–Crippen LogP) is 7.21. The van der Waals surface area contributed by atoms with Crippen molar-refractivity contribution in [1.82, 2.24) is 9.80 Å². The number of piperidine rings is 1. The first-order valence-corrected chi connectivity index (χ1v) is 14.3. The maximum Gasteiger partial charge on any atom is 0.412 e. The van der Waals surface area contributed by atoms with E-state index < -0.39 is 11.7 Å². The molecule has 3 aromatic carbocycles. The zero-order valence-corrected chi connectivity index (χ0v) is 23.8. The lowest BCUT2D eigenvalue weighted by Crippen LogP contribution is -2.48. The molecule has 2 aliphatic rings. The molecular formula is C31H32Cl2FN3O3. The van der Waals surface area contributed by atoms with Gasteiger partial charge in [-0.05, 0) is 60.8 Å². The molecule has 1 atom stereocenters. The van der Waals surface area contributed by atoms with Crippen LogP contribution in [0.3, 0.4) is 0 Å². The molecule has 5 rings (SSSR count). The number of carbonyl (C=O) groups excluding carboxylic acids is 2. The van der Waals surface area contributed by atoms with Crippen LogP contribution in [0.4, 0.5) is 14.9 Å². The monoisotopic (exact) mass is 583 g/mol. The van der Waals surface area contributed by atoms with E-state index in [0.717, 1.165) is 24.1 Å². The highest BCUT2D eigenvalue weighted by Crippen LogP contribution is 2.44. The predicted molar refractivity (Wildman–Crippen MR) is 155 cm³/mol. The van der Waals surface area contributed by atoms with Gasteiger partial charge in [0.1, 0.15) is 11.4 Å². The molecule has 1 fully saturated rings. The molecule has 0 aromatic heterocycles. The van der Waals surface area contributed by atoms with Crippen LogP contribution >= 0.6 is 23.2 Å². The number of anilines is 1. The summed E-state index contributed by atoms with van der Waals surface area (Å²) in [7, 11) is 1.82. The summed E-state index contributed by atoms with van der Waals surface area (Å²) in [5.41, 5.74) is 2.38. The number of carbonyl (C=O) groups is 2. The lowest BCUT2D eigenvalue weighted by atomic mass is 9.82. The minimum atomic E-state index is -0.824. The third-order valence-electron chi connectivity index (χ3n) is 7.91. The summed E-state index contributed by atoms with van der Waals surface area (Å²) in [5, 5.41) is 3.56. The number of fused-ring (bicyclic) bond motifs is 2. The third-order valence-corrected chi connectivity index (χ3v) is 8.65. The topological polar surface area (TPSA) is 61.9 Å². The molecular weight excluding hydrogens is 552 g/mol. The Morgan fingerprint density at radius 1 is 1.07 bits per heavy atom. The van der Waals surface area contributed by atoms with Gasteiger partial charge in [-0.3, -0.25) is 10.1 Å². The van der Waals surface area contributed by atoms with Gasteiger partial charge in [0.05, 0.1) is 21.7 Å². The fourth-order valence-electron chi connectivity index (χ4n) is 5.76. The molecule has 210 valence electrons. The van der Waals surface area contributed by atoms with Crippen LogP contribution in [0.2, 0.25) is 10.0 Å². The summed E-state index contributed by atoms with van der Waals surface area (Å²) in [6, 6.07) is 19.7. The molecule has 1 saturated heterocycles. The molecule has 0 bridgehead atoms. The quantitative estimate of drug-likeness (QED) is 0.304. The number of amides is 2. The summed E-state index contributed by atoms with van der Waals surface area (Å²) in [4.78, 5) is 30.0. The van der Waals surface area contributed by atoms with E-state index in [9.17, 15) is 14.0 Å². The van der Waals surface area contributed by atoms with E-state index in [1.165, 1.54) is 12.1 Å². The lowest BCUT2D eigenvalue weighted by molar-refractivity contribution is -0.132. The lowest BCUT2D eigenvalue weighted by Gasteiger charge is -2.44. The van der Waals surface area contributed by atoms with E-state index in [2.05, 4.69) is 10.2 Å². The Balaban J connectivity index is 1.24. The maximum absolute atomic E-state index is 14.1. The summed E-state index contributed by atoms with van der Waals surface area (Å²) < 4.78 is 19.8. The Hall–Kier alpha value is -3.13. The van der Waals surface area contributed by atoms with E-state index in [-0.39, 0.29) is 17.6 Å². The van der Waals surface area contributed by atoms with Crippen molar-refractivity contribution >= 4 is 40.9 Å². The summed E-state index contributed by atoms with van der Waals surface area (Å²) in [6.07, 6.45) is 2.08. The smallest absolute Gasteiger partial charge is 0.412 e. The van der Waals surface area contributed by atoms with Gasteiger partial charge in [-0.2, -0.15) is 0 Å². The van der Waals surface area contributed by atoms with E-state index in [1.54, 1.807) is 23.1 Å². The van der Waals surface area contributed by atoms with E-state index in [4.69, 9.17) is 27.9 Å². The maximum atomic E-state index is 14.1. The molecule has 2 heterocycles. The second kappa shape index (κ2) is 12.2. The number of ether oxygens (including phenoxy) is 1. The van der Waals surface area contributed by atoms with Crippen molar-refractivity contribution in [3.63, 3.8) is 0 Å². The number of hydrogen-bond donors (Lipinski definition) is 1. The fourth-order valence-corrected chi connectivity index (χ4v) is 6.07. The van der Waals surface area contributed by atoms with Crippen molar-refractivity contribution in [3.05, 3.63) is 99.3 Å². The van der Waals surface area contributed by atoms with Crippen LogP contribution in [0.15, 0.2) is 66.7 Å². The Bertz CT molecular complexity index is 1380. The molecule has 0 aliphatic carbocycles. The minimum Gasteiger partial charge on any atom is -0.438 e. The number of benzene rings is 3. The second-order valence-electron chi connectivity index (χ2n) is 10.6. The first-order valence-electron chi connectivity index (χ1n) is 13.5. The van der Waals surface area contributed by atoms with Crippen LogP contribution in [0.25, 0.3) is 0 Å². The SMILES string of the molecule is CN(Cc1ccccc1)C(=O)C(CCCN1CCC2(CC1)OC(=O)Nc1ccc(F)cc12)c1ccc(Cl)c(Cl)c1. The minimum absolute atomic E-state index is 0.0279. The van der Waals surface area contributed by atoms with E-state index in [1.807, 2.05) is 43.4 Å². The molecule has 1 N–H and O–H groups in total. The van der Waals surface area contributed by atoms with Gasteiger partial charge in [0.25, 0.3) is 0 Å². The number of hydrogen-bond acceptors (Lipinski definition) is 4. The first kappa shape index (κ1) is 28.4. The number of likely N-dealkylation sites (tertiary alicyclic amines) is 1. The normalized spacial score (nSPS) is 17.1. The molecule has 2 aliphatic heterocycles. The molecule has 9 heteroatoms. The highest BCUT2D eigenvalue weighted by Gasteiger charge is 2.44. The molecule has 2 amide bonds. The second-order valence-corrected chi connectivity index (χ2v) is 11.4. The summed E-state index contributed by atoms with van der Waals surface area (Å²) in [6.45, 7) is 2.69. The molecule has 1 unspecified atom stereocenters. The van der Waals surface area contributed by atoms with Crippen molar-refractivity contribution in [3.8, 4) is 0 Å². The molecule has 3 aromatic rings. The van der Waals surface area contributed by atoms with Crippen LogP contribution in [-0.4, -0.2) is 48.5 Å². The zero-order chi connectivity index (χ0) is 28.3. The number of halogens is 3. The van der Waals surface area contributed by atoms with Gasteiger partial charge < -0.3 is 14.5 Å². The van der Waals surface area contributed by atoms with Crippen LogP contribution in [0.5, 0.6) is 0 Å². The largest absolute Gasteiger partial charge is 0.438 e. The molecule has 0 saturated carbocycles. The number of rotatable bonds is 8. The number of nitrogens with one attached hydrogen (secondary N) is 1. The van der Waals surface area contributed by atoms with Gasteiger partial charge in [-0.1, -0.05) is 59.6 Å².